The molecule has 21 heavy (non-hydrogen) atoms. The van der Waals surface area contributed by atoms with Gasteiger partial charge in [0.1, 0.15) is 0 Å². The number of rotatable bonds is 9. The molecule has 1 unspecified atom stereocenters. The molecule has 1 rings (SSSR count). The molecule has 0 aliphatic carbocycles. The van der Waals surface area contributed by atoms with Crippen molar-refractivity contribution in [2.75, 3.05) is 26.7 Å². The van der Waals surface area contributed by atoms with Crippen LogP contribution < -0.4 is 5.32 Å². The van der Waals surface area contributed by atoms with Crippen LogP contribution in [0.3, 0.4) is 0 Å². The van der Waals surface area contributed by atoms with Gasteiger partial charge >= 0.3 is 0 Å². The summed E-state index contributed by atoms with van der Waals surface area (Å²) >= 11 is 9.89. The molecule has 0 aliphatic rings. The summed E-state index contributed by atoms with van der Waals surface area (Å²) in [6.45, 7) is 9.94. The molecule has 120 valence electrons. The predicted molar refractivity (Wildman–Crippen MR) is 97.1 cm³/mol. The minimum absolute atomic E-state index is 0.320. The average molecular weight is 376 g/mol. The number of hydrogen-bond acceptors (Lipinski definition) is 2. The van der Waals surface area contributed by atoms with Crippen molar-refractivity contribution in [2.45, 2.75) is 39.7 Å². The van der Waals surface area contributed by atoms with Crippen molar-refractivity contribution in [1.82, 2.24) is 10.2 Å². The van der Waals surface area contributed by atoms with Gasteiger partial charge in [-0.3, -0.25) is 0 Å². The van der Waals surface area contributed by atoms with Crippen LogP contribution in [-0.4, -0.2) is 31.6 Å². The highest BCUT2D eigenvalue weighted by atomic mass is 79.9. The fourth-order valence-electron chi connectivity index (χ4n) is 2.53. The molecule has 0 radical (unpaired) electrons. The van der Waals surface area contributed by atoms with Crippen LogP contribution in [0.2, 0.25) is 5.02 Å². The van der Waals surface area contributed by atoms with E-state index in [1.165, 1.54) is 5.56 Å². The number of nitrogens with zero attached hydrogens (tertiary/aromatic N) is 1. The van der Waals surface area contributed by atoms with Gasteiger partial charge in [0.15, 0.2) is 0 Å². The zero-order chi connectivity index (χ0) is 15.8. The van der Waals surface area contributed by atoms with E-state index < -0.39 is 0 Å². The summed E-state index contributed by atoms with van der Waals surface area (Å²) in [5.41, 5.74) is 1.20. The molecule has 1 aromatic rings. The lowest BCUT2D eigenvalue weighted by Crippen LogP contribution is -2.30. The van der Waals surface area contributed by atoms with Crippen molar-refractivity contribution < 1.29 is 0 Å². The topological polar surface area (TPSA) is 15.3 Å². The molecule has 0 saturated carbocycles. The van der Waals surface area contributed by atoms with Crippen LogP contribution in [0, 0.1) is 5.92 Å². The third-order valence-corrected chi connectivity index (χ3v) is 4.28. The molecule has 0 amide bonds. The van der Waals surface area contributed by atoms with Crippen LogP contribution in [0.15, 0.2) is 22.7 Å². The Morgan fingerprint density at radius 2 is 2.05 bits per heavy atom. The molecule has 1 aromatic carbocycles. The lowest BCUT2D eigenvalue weighted by atomic mass is 10.0. The number of hydrogen-bond donors (Lipinski definition) is 1. The molecule has 0 spiro atoms. The van der Waals surface area contributed by atoms with Crippen LogP contribution in [0.1, 0.15) is 45.2 Å². The van der Waals surface area contributed by atoms with Crippen LogP contribution in [0.25, 0.3) is 0 Å². The van der Waals surface area contributed by atoms with Crippen molar-refractivity contribution in [1.29, 1.82) is 0 Å². The highest BCUT2D eigenvalue weighted by Crippen LogP contribution is 2.28. The first-order valence-corrected chi connectivity index (χ1v) is 8.98. The second-order valence-corrected chi connectivity index (χ2v) is 7.44. The Morgan fingerprint density at radius 1 is 1.33 bits per heavy atom. The van der Waals surface area contributed by atoms with Gasteiger partial charge < -0.3 is 10.2 Å². The fourth-order valence-corrected chi connectivity index (χ4v) is 3.34. The molecular weight excluding hydrogens is 348 g/mol. The molecular formula is C17H28BrClN2. The monoisotopic (exact) mass is 374 g/mol. The summed E-state index contributed by atoms with van der Waals surface area (Å²) in [4.78, 5) is 2.40. The van der Waals surface area contributed by atoms with Gasteiger partial charge in [0.25, 0.3) is 0 Å². The maximum Gasteiger partial charge on any atom is 0.0465 e. The Hall–Kier alpha value is -0.0900. The standard InChI is InChI=1S/C17H28BrClN2/c1-5-9-20-17(8-10-21(4)12-13(2)3)15-7-6-14(18)11-16(15)19/h6-7,11,13,17,20H,5,8-10,12H2,1-4H3. The van der Waals surface area contributed by atoms with E-state index in [0.717, 1.165) is 42.0 Å². The Labute approximate surface area is 143 Å². The van der Waals surface area contributed by atoms with Crippen LogP contribution in [0.4, 0.5) is 0 Å². The third kappa shape index (κ3) is 7.14. The summed E-state index contributed by atoms with van der Waals surface area (Å²) in [7, 11) is 2.19. The van der Waals surface area contributed by atoms with E-state index >= 15 is 0 Å². The molecule has 0 saturated heterocycles. The quantitative estimate of drug-likeness (QED) is 0.644. The molecule has 0 aromatic heterocycles. The predicted octanol–water partition coefficient (Wildman–Crippen LogP) is 5.12. The SMILES string of the molecule is CCCNC(CCN(C)CC(C)C)c1ccc(Br)cc1Cl. The molecule has 0 aliphatic heterocycles. The molecule has 0 fully saturated rings. The summed E-state index contributed by atoms with van der Waals surface area (Å²) in [5.74, 6) is 0.702. The van der Waals surface area contributed by atoms with E-state index in [4.69, 9.17) is 11.6 Å². The summed E-state index contributed by atoms with van der Waals surface area (Å²) < 4.78 is 1.03. The van der Waals surface area contributed by atoms with Crippen LogP contribution >= 0.6 is 27.5 Å². The minimum atomic E-state index is 0.320. The van der Waals surface area contributed by atoms with Gasteiger partial charge in [0, 0.05) is 22.1 Å². The zero-order valence-electron chi connectivity index (χ0n) is 13.6. The second kappa shape index (κ2) is 9.83. The first kappa shape index (κ1) is 19.0. The first-order chi connectivity index (χ1) is 9.93. The van der Waals surface area contributed by atoms with E-state index in [0.29, 0.717) is 12.0 Å². The average Bonchev–Trinajstić information content (AvgIpc) is 2.39. The highest BCUT2D eigenvalue weighted by molar-refractivity contribution is 9.10. The van der Waals surface area contributed by atoms with Crippen LogP contribution in [-0.2, 0) is 0 Å². The maximum absolute atomic E-state index is 6.42. The highest BCUT2D eigenvalue weighted by Gasteiger charge is 2.15. The minimum Gasteiger partial charge on any atom is -0.310 e. The molecule has 0 heterocycles. The molecule has 2 nitrogen and oxygen atoms in total. The molecule has 1 N–H and O–H groups in total. The summed E-state index contributed by atoms with van der Waals surface area (Å²) in [6, 6.07) is 6.50. The zero-order valence-corrected chi connectivity index (χ0v) is 16.0. The van der Waals surface area contributed by atoms with E-state index in [9.17, 15) is 0 Å². The van der Waals surface area contributed by atoms with Gasteiger partial charge in [-0.15, -0.1) is 0 Å². The van der Waals surface area contributed by atoms with E-state index in [1.54, 1.807) is 0 Å². The van der Waals surface area contributed by atoms with E-state index in [2.05, 4.69) is 66.1 Å². The van der Waals surface area contributed by atoms with Gasteiger partial charge in [-0.25, -0.2) is 0 Å². The Bertz CT molecular complexity index is 423. The Kier molecular flexibility index (Phi) is 8.88. The lowest BCUT2D eigenvalue weighted by molar-refractivity contribution is 0.276. The third-order valence-electron chi connectivity index (χ3n) is 3.45. The number of nitrogens with one attached hydrogen (secondary N) is 1. The van der Waals surface area contributed by atoms with E-state index in [-0.39, 0.29) is 0 Å². The van der Waals surface area contributed by atoms with Gasteiger partial charge in [-0.2, -0.15) is 0 Å². The molecule has 4 heteroatoms. The van der Waals surface area contributed by atoms with Gasteiger partial charge in [0.05, 0.1) is 0 Å². The normalized spacial score (nSPS) is 13.1. The molecule has 1 atom stereocenters. The summed E-state index contributed by atoms with van der Waals surface area (Å²) in [6.07, 6.45) is 2.21. The lowest BCUT2D eigenvalue weighted by Gasteiger charge is -2.25. The fraction of sp³-hybridized carbons (Fsp3) is 0.647. The molecule has 0 bridgehead atoms. The van der Waals surface area contributed by atoms with Gasteiger partial charge in [0.2, 0.25) is 0 Å². The summed E-state index contributed by atoms with van der Waals surface area (Å²) in [5, 5.41) is 4.47. The smallest absolute Gasteiger partial charge is 0.0465 e. The van der Waals surface area contributed by atoms with E-state index in [1.807, 2.05) is 6.07 Å². The van der Waals surface area contributed by atoms with Crippen molar-refractivity contribution in [3.8, 4) is 0 Å². The van der Waals surface area contributed by atoms with Gasteiger partial charge in [-0.1, -0.05) is 54.4 Å². The maximum atomic E-state index is 6.42. The Balaban J connectivity index is 2.71. The van der Waals surface area contributed by atoms with Crippen molar-refractivity contribution >= 4 is 27.5 Å². The number of halogens is 2. The van der Waals surface area contributed by atoms with Gasteiger partial charge in [-0.05, 0) is 56.6 Å². The number of benzene rings is 1. The van der Waals surface area contributed by atoms with Crippen molar-refractivity contribution in [2.24, 2.45) is 5.92 Å². The second-order valence-electron chi connectivity index (χ2n) is 6.12. The first-order valence-electron chi connectivity index (χ1n) is 7.80. The van der Waals surface area contributed by atoms with Crippen molar-refractivity contribution in [3.63, 3.8) is 0 Å². The van der Waals surface area contributed by atoms with Crippen LogP contribution in [0.5, 0.6) is 0 Å². The Morgan fingerprint density at radius 3 is 2.62 bits per heavy atom. The largest absolute Gasteiger partial charge is 0.310 e. The van der Waals surface area contributed by atoms with Crippen molar-refractivity contribution in [3.05, 3.63) is 33.3 Å².